The average Bonchev–Trinajstić information content (AvgIpc) is 2.77. The summed E-state index contributed by atoms with van der Waals surface area (Å²) < 4.78 is 0. The SMILES string of the molecule is CNC[C@@H]1CCN(c2cc[c]cc2C2CCC2)C1. The highest BCUT2D eigenvalue weighted by Gasteiger charge is 2.27. The zero-order valence-corrected chi connectivity index (χ0v) is 11.3. The number of anilines is 1. The van der Waals surface area contributed by atoms with Crippen molar-refractivity contribution < 1.29 is 0 Å². The molecular formula is C16H23N2. The number of hydrogen-bond donors (Lipinski definition) is 1. The van der Waals surface area contributed by atoms with E-state index in [0.29, 0.717) is 0 Å². The van der Waals surface area contributed by atoms with E-state index in [4.69, 9.17) is 0 Å². The fourth-order valence-corrected chi connectivity index (χ4v) is 3.28. The van der Waals surface area contributed by atoms with Crippen LogP contribution in [0.3, 0.4) is 0 Å². The third kappa shape index (κ3) is 2.26. The van der Waals surface area contributed by atoms with E-state index in [1.807, 2.05) is 0 Å². The summed E-state index contributed by atoms with van der Waals surface area (Å²) in [5.74, 6) is 1.62. The monoisotopic (exact) mass is 243 g/mol. The van der Waals surface area contributed by atoms with Crippen LogP contribution in [0.15, 0.2) is 18.2 Å². The summed E-state index contributed by atoms with van der Waals surface area (Å²) in [6, 6.07) is 9.84. The molecule has 1 radical (unpaired) electrons. The summed E-state index contributed by atoms with van der Waals surface area (Å²) in [4.78, 5) is 2.59. The molecular weight excluding hydrogens is 220 g/mol. The normalized spacial score (nSPS) is 24.3. The van der Waals surface area contributed by atoms with Gasteiger partial charge in [-0.05, 0) is 68.5 Å². The predicted octanol–water partition coefficient (Wildman–Crippen LogP) is 2.80. The molecule has 1 aliphatic carbocycles. The lowest BCUT2D eigenvalue weighted by atomic mass is 9.79. The van der Waals surface area contributed by atoms with Gasteiger partial charge in [0.15, 0.2) is 0 Å². The lowest BCUT2D eigenvalue weighted by Gasteiger charge is -2.31. The van der Waals surface area contributed by atoms with Crippen LogP contribution in [0.5, 0.6) is 0 Å². The molecule has 1 aliphatic heterocycles. The van der Waals surface area contributed by atoms with Crippen molar-refractivity contribution in [3.8, 4) is 0 Å². The van der Waals surface area contributed by atoms with Crippen molar-refractivity contribution in [2.45, 2.75) is 31.6 Å². The summed E-state index contributed by atoms with van der Waals surface area (Å²) in [7, 11) is 2.06. The smallest absolute Gasteiger partial charge is 0.0402 e. The molecule has 0 unspecified atom stereocenters. The second-order valence-electron chi connectivity index (χ2n) is 5.77. The van der Waals surface area contributed by atoms with Crippen molar-refractivity contribution in [3.05, 3.63) is 29.8 Å². The first-order chi connectivity index (χ1) is 8.88. The standard InChI is InChI=1S/C16H23N2/c1-17-11-13-9-10-18(12-13)16-8-3-2-7-15(16)14-5-4-6-14/h3,7-8,13-14,17H,4-6,9-12H2,1H3/t13-/m0/s1. The molecule has 2 fully saturated rings. The number of hydrogen-bond acceptors (Lipinski definition) is 2. The highest BCUT2D eigenvalue weighted by molar-refractivity contribution is 5.56. The Balaban J connectivity index is 1.75. The van der Waals surface area contributed by atoms with E-state index in [0.717, 1.165) is 18.4 Å². The first-order valence-electron chi connectivity index (χ1n) is 7.28. The number of nitrogens with one attached hydrogen (secondary N) is 1. The second kappa shape index (κ2) is 5.31. The van der Waals surface area contributed by atoms with E-state index >= 15 is 0 Å². The van der Waals surface area contributed by atoms with Crippen molar-refractivity contribution in [1.29, 1.82) is 0 Å². The van der Waals surface area contributed by atoms with Gasteiger partial charge in [-0.15, -0.1) is 0 Å². The van der Waals surface area contributed by atoms with Gasteiger partial charge in [-0.2, -0.15) is 0 Å². The summed E-state index contributed by atoms with van der Waals surface area (Å²) in [5.41, 5.74) is 3.03. The lowest BCUT2D eigenvalue weighted by Crippen LogP contribution is -2.25. The molecule has 3 rings (SSSR count). The molecule has 1 aromatic carbocycles. The van der Waals surface area contributed by atoms with Gasteiger partial charge in [0.1, 0.15) is 0 Å². The van der Waals surface area contributed by atoms with Crippen molar-refractivity contribution in [3.63, 3.8) is 0 Å². The van der Waals surface area contributed by atoms with Crippen LogP contribution in [0.2, 0.25) is 0 Å². The molecule has 2 heteroatoms. The molecule has 1 aromatic rings. The predicted molar refractivity (Wildman–Crippen MR) is 76.1 cm³/mol. The van der Waals surface area contributed by atoms with E-state index in [2.05, 4.69) is 41.5 Å². The molecule has 97 valence electrons. The summed E-state index contributed by atoms with van der Waals surface area (Å²) >= 11 is 0. The first-order valence-corrected chi connectivity index (χ1v) is 7.28. The quantitative estimate of drug-likeness (QED) is 0.875. The molecule has 2 aliphatic rings. The van der Waals surface area contributed by atoms with Gasteiger partial charge in [-0.1, -0.05) is 12.5 Å². The minimum atomic E-state index is 0.806. The molecule has 2 nitrogen and oxygen atoms in total. The lowest BCUT2D eigenvalue weighted by molar-refractivity contribution is 0.419. The molecule has 0 bridgehead atoms. The first kappa shape index (κ1) is 12.0. The fourth-order valence-electron chi connectivity index (χ4n) is 3.28. The van der Waals surface area contributed by atoms with Crippen LogP contribution < -0.4 is 10.2 Å². The van der Waals surface area contributed by atoms with Crippen LogP contribution in [0, 0.1) is 12.0 Å². The van der Waals surface area contributed by atoms with Gasteiger partial charge in [0.25, 0.3) is 0 Å². The maximum absolute atomic E-state index is 3.31. The minimum Gasteiger partial charge on any atom is -0.371 e. The Morgan fingerprint density at radius 3 is 3.00 bits per heavy atom. The molecule has 1 saturated heterocycles. The molecule has 1 N–H and O–H groups in total. The molecule has 0 spiro atoms. The van der Waals surface area contributed by atoms with Gasteiger partial charge >= 0.3 is 0 Å². The topological polar surface area (TPSA) is 15.3 Å². The largest absolute Gasteiger partial charge is 0.371 e. The Hall–Kier alpha value is -1.02. The van der Waals surface area contributed by atoms with Gasteiger partial charge in [-0.25, -0.2) is 0 Å². The molecule has 1 heterocycles. The number of nitrogens with zero attached hydrogens (tertiary/aromatic N) is 1. The van der Waals surface area contributed by atoms with Gasteiger partial charge < -0.3 is 10.2 Å². The van der Waals surface area contributed by atoms with E-state index in [9.17, 15) is 0 Å². The fraction of sp³-hybridized carbons (Fsp3) is 0.625. The zero-order valence-electron chi connectivity index (χ0n) is 11.3. The van der Waals surface area contributed by atoms with Gasteiger partial charge in [0, 0.05) is 18.8 Å². The van der Waals surface area contributed by atoms with Crippen molar-refractivity contribution in [2.24, 2.45) is 5.92 Å². The summed E-state index contributed by atoms with van der Waals surface area (Å²) in [6.07, 6.45) is 5.47. The Labute approximate surface area is 110 Å². The Morgan fingerprint density at radius 1 is 1.39 bits per heavy atom. The molecule has 1 atom stereocenters. The minimum absolute atomic E-state index is 0.806. The molecule has 18 heavy (non-hydrogen) atoms. The Kier molecular flexibility index (Phi) is 3.55. The highest BCUT2D eigenvalue weighted by atomic mass is 15.2. The van der Waals surface area contributed by atoms with E-state index in [1.165, 1.54) is 44.5 Å². The van der Waals surface area contributed by atoms with E-state index < -0.39 is 0 Å². The highest BCUT2D eigenvalue weighted by Crippen LogP contribution is 2.41. The average molecular weight is 243 g/mol. The van der Waals surface area contributed by atoms with Crippen LogP contribution >= 0.6 is 0 Å². The second-order valence-corrected chi connectivity index (χ2v) is 5.77. The van der Waals surface area contributed by atoms with Crippen molar-refractivity contribution in [2.75, 3.05) is 31.6 Å². The van der Waals surface area contributed by atoms with Crippen LogP contribution in [-0.4, -0.2) is 26.7 Å². The molecule has 0 amide bonds. The third-order valence-corrected chi connectivity index (χ3v) is 4.54. The van der Waals surface area contributed by atoms with Crippen molar-refractivity contribution in [1.82, 2.24) is 5.32 Å². The number of benzene rings is 1. The van der Waals surface area contributed by atoms with Gasteiger partial charge in [0.05, 0.1) is 0 Å². The molecule has 1 saturated carbocycles. The summed E-state index contributed by atoms with van der Waals surface area (Å²) in [5, 5.41) is 3.31. The van der Waals surface area contributed by atoms with Gasteiger partial charge in [0.2, 0.25) is 0 Å². The van der Waals surface area contributed by atoms with E-state index in [-0.39, 0.29) is 0 Å². The zero-order chi connectivity index (χ0) is 12.4. The Bertz CT molecular complexity index is 398. The maximum Gasteiger partial charge on any atom is 0.0402 e. The van der Waals surface area contributed by atoms with Crippen LogP contribution in [0.25, 0.3) is 0 Å². The van der Waals surface area contributed by atoms with E-state index in [1.54, 1.807) is 5.56 Å². The van der Waals surface area contributed by atoms with Crippen LogP contribution in [-0.2, 0) is 0 Å². The maximum atomic E-state index is 3.31. The summed E-state index contributed by atoms with van der Waals surface area (Å²) in [6.45, 7) is 3.58. The van der Waals surface area contributed by atoms with Crippen molar-refractivity contribution >= 4 is 5.69 Å². The molecule has 0 aromatic heterocycles. The van der Waals surface area contributed by atoms with Crippen LogP contribution in [0.1, 0.15) is 37.2 Å². The number of rotatable bonds is 4. The third-order valence-electron chi connectivity index (χ3n) is 4.54. The van der Waals surface area contributed by atoms with Crippen LogP contribution in [0.4, 0.5) is 5.69 Å². The Morgan fingerprint density at radius 2 is 2.28 bits per heavy atom. The van der Waals surface area contributed by atoms with Gasteiger partial charge in [-0.3, -0.25) is 0 Å².